The molecule has 0 radical (unpaired) electrons. The number of nitrogens with two attached hydrogens (primary N) is 1. The average molecular weight is 723 g/mol. The number of Topliss-reactive ketones (excluding diaryl/α,β-unsaturated/α-hetero) is 1. The topological polar surface area (TPSA) is 233 Å². The van der Waals surface area contributed by atoms with E-state index in [2.05, 4.69) is 20.7 Å². The molecule has 0 aromatic carbocycles. The summed E-state index contributed by atoms with van der Waals surface area (Å²) in [5.74, 6) is -0.739. The number of hydrogen-bond donors (Lipinski definition) is 3. The predicted molar refractivity (Wildman–Crippen MR) is 184 cm³/mol. The van der Waals surface area contributed by atoms with Crippen molar-refractivity contribution in [3.05, 3.63) is 10.4 Å². The maximum absolute atomic E-state index is 13.0. The number of rotatable bonds is 40. The van der Waals surface area contributed by atoms with Gasteiger partial charge < -0.3 is 59.0 Å². The van der Waals surface area contributed by atoms with Crippen LogP contribution in [0.5, 0.6) is 0 Å². The molecule has 0 fully saturated rings. The van der Waals surface area contributed by atoms with Crippen LogP contribution in [-0.2, 0) is 57.0 Å². The second kappa shape index (κ2) is 39.3. The van der Waals surface area contributed by atoms with Gasteiger partial charge in [-0.25, -0.2) is 0 Å². The highest BCUT2D eigenvalue weighted by molar-refractivity contribution is 5.89. The summed E-state index contributed by atoms with van der Waals surface area (Å²) < 4.78 is 48.2. The van der Waals surface area contributed by atoms with E-state index in [0.29, 0.717) is 125 Å². The number of nitrogens with one attached hydrogen (secondary N) is 2. The van der Waals surface area contributed by atoms with Crippen LogP contribution in [0.3, 0.4) is 0 Å². The molecule has 0 heterocycles. The Morgan fingerprint density at radius 3 is 1.70 bits per heavy atom. The Hall–Kier alpha value is -2.48. The molecule has 0 unspecified atom stereocenters. The van der Waals surface area contributed by atoms with Gasteiger partial charge in [0.2, 0.25) is 11.8 Å². The predicted octanol–water partition coefficient (Wildman–Crippen LogP) is 0.935. The minimum Gasteiger partial charge on any atom is -0.379 e. The van der Waals surface area contributed by atoms with Crippen molar-refractivity contribution in [2.24, 2.45) is 10.8 Å². The van der Waals surface area contributed by atoms with Crippen LogP contribution in [0.1, 0.15) is 45.4 Å². The smallest absolute Gasteiger partial charge is 0.246 e. The van der Waals surface area contributed by atoms with Crippen LogP contribution >= 0.6 is 0 Å². The summed E-state index contributed by atoms with van der Waals surface area (Å²) in [6.07, 6.45) is 3.38. The molecular formula is C32H62N6O12. The summed E-state index contributed by atoms with van der Waals surface area (Å²) in [5.41, 5.74) is 13.5. The highest BCUT2D eigenvalue weighted by atomic mass is 16.6. The monoisotopic (exact) mass is 722 g/mol. The van der Waals surface area contributed by atoms with Crippen molar-refractivity contribution in [1.82, 2.24) is 10.6 Å². The van der Waals surface area contributed by atoms with E-state index in [9.17, 15) is 14.4 Å². The maximum Gasteiger partial charge on any atom is 0.246 e. The summed E-state index contributed by atoms with van der Waals surface area (Å²) in [6, 6.07) is -0.677. The number of ether oxygens (including phenoxy) is 9. The lowest BCUT2D eigenvalue weighted by atomic mass is 10.0. The molecule has 0 aromatic rings. The van der Waals surface area contributed by atoms with Crippen LogP contribution in [0, 0.1) is 0 Å². The van der Waals surface area contributed by atoms with Crippen LogP contribution in [0.15, 0.2) is 5.11 Å². The van der Waals surface area contributed by atoms with Crippen molar-refractivity contribution in [3.63, 3.8) is 0 Å². The Kier molecular flexibility index (Phi) is 37.4. The first-order chi connectivity index (χ1) is 24.5. The van der Waals surface area contributed by atoms with Crippen molar-refractivity contribution in [2.75, 3.05) is 139 Å². The van der Waals surface area contributed by atoms with Crippen LogP contribution in [-0.4, -0.2) is 162 Å². The third-order valence-electron chi connectivity index (χ3n) is 6.39. The Morgan fingerprint density at radius 2 is 1.14 bits per heavy atom. The molecule has 0 bridgehead atoms. The molecule has 0 aliphatic heterocycles. The van der Waals surface area contributed by atoms with E-state index in [4.69, 9.17) is 53.9 Å². The number of ketones is 1. The zero-order valence-corrected chi connectivity index (χ0v) is 30.0. The Labute approximate surface area is 296 Å². The second-order valence-corrected chi connectivity index (χ2v) is 10.7. The average Bonchev–Trinajstić information content (AvgIpc) is 3.11. The first-order valence-corrected chi connectivity index (χ1v) is 17.5. The second-order valence-electron chi connectivity index (χ2n) is 10.7. The summed E-state index contributed by atoms with van der Waals surface area (Å²) in [5, 5.41) is 8.94. The normalized spacial score (nSPS) is 11.6. The number of carbonyl (C=O) groups excluding carboxylic acids is 3. The van der Waals surface area contributed by atoms with E-state index in [0.717, 1.165) is 13.0 Å². The third kappa shape index (κ3) is 35.3. The lowest BCUT2D eigenvalue weighted by Gasteiger charge is -2.18. The Balaban J connectivity index is 4.28. The van der Waals surface area contributed by atoms with Gasteiger partial charge in [0, 0.05) is 44.2 Å². The van der Waals surface area contributed by atoms with Crippen molar-refractivity contribution >= 4 is 17.6 Å². The fraction of sp³-hybridized carbons (Fsp3) is 0.906. The van der Waals surface area contributed by atoms with Gasteiger partial charge in [-0.1, -0.05) is 12.0 Å². The van der Waals surface area contributed by atoms with Gasteiger partial charge in [-0.15, -0.1) is 0 Å². The van der Waals surface area contributed by atoms with E-state index in [1.54, 1.807) is 0 Å². The number of amides is 2. The Bertz CT molecular complexity index is 855. The standard InChI is InChI=1S/C32H62N6O12/c1-2-11-42-15-19-46-20-16-43-12-5-7-30(39)29(37-32(41)28-50-26-24-47-21-17-44-13-8-33)6-3-4-9-35-31(40)27-49-25-23-48-22-18-45-14-10-36-38-34/h29H,2-28,33H2,1H3,(H,35,40)(H,37,41)/t29-/m0/s1. The molecule has 0 aromatic heterocycles. The molecule has 4 N–H and O–H groups in total. The zero-order valence-electron chi connectivity index (χ0n) is 30.0. The molecule has 0 rings (SSSR count). The maximum atomic E-state index is 13.0. The van der Waals surface area contributed by atoms with E-state index < -0.39 is 11.9 Å². The van der Waals surface area contributed by atoms with Gasteiger partial charge in [-0.05, 0) is 37.6 Å². The Morgan fingerprint density at radius 1 is 0.640 bits per heavy atom. The molecule has 0 saturated heterocycles. The lowest BCUT2D eigenvalue weighted by Crippen LogP contribution is -2.42. The van der Waals surface area contributed by atoms with E-state index in [-0.39, 0.29) is 51.1 Å². The SMILES string of the molecule is CCCOCCOCCOCCCC(=O)[C@H](CCCCNC(=O)COCCOCCOCCN=[N+]=[N-])NC(=O)COCCOCCOCCN. The first-order valence-electron chi connectivity index (χ1n) is 17.5. The largest absolute Gasteiger partial charge is 0.379 e. The van der Waals surface area contributed by atoms with Gasteiger partial charge in [0.05, 0.1) is 98.5 Å². The van der Waals surface area contributed by atoms with Crippen LogP contribution < -0.4 is 16.4 Å². The lowest BCUT2D eigenvalue weighted by molar-refractivity contribution is -0.131. The van der Waals surface area contributed by atoms with Crippen molar-refractivity contribution < 1.29 is 57.0 Å². The summed E-state index contributed by atoms with van der Waals surface area (Å²) in [6.45, 7) is 9.41. The van der Waals surface area contributed by atoms with E-state index >= 15 is 0 Å². The zero-order chi connectivity index (χ0) is 36.6. The molecule has 50 heavy (non-hydrogen) atoms. The minimum absolute atomic E-state index is 0.0912. The number of carbonyl (C=O) groups is 3. The van der Waals surface area contributed by atoms with Gasteiger partial charge in [-0.2, -0.15) is 0 Å². The van der Waals surface area contributed by atoms with Crippen LogP contribution in [0.2, 0.25) is 0 Å². The number of unbranched alkanes of at least 4 members (excludes halogenated alkanes) is 1. The number of nitrogens with zero attached hydrogens (tertiary/aromatic N) is 3. The molecule has 18 nitrogen and oxygen atoms in total. The number of azide groups is 1. The van der Waals surface area contributed by atoms with Gasteiger partial charge in [0.25, 0.3) is 0 Å². The van der Waals surface area contributed by atoms with E-state index in [1.807, 2.05) is 6.92 Å². The van der Waals surface area contributed by atoms with E-state index in [1.165, 1.54) is 0 Å². The minimum atomic E-state index is -0.677. The molecule has 0 aliphatic carbocycles. The number of hydrogen-bond acceptors (Lipinski definition) is 14. The summed E-state index contributed by atoms with van der Waals surface area (Å²) in [4.78, 5) is 40.2. The van der Waals surface area contributed by atoms with Gasteiger partial charge in [0.15, 0.2) is 5.78 Å². The first kappa shape index (κ1) is 47.5. The fourth-order valence-corrected chi connectivity index (χ4v) is 3.95. The summed E-state index contributed by atoms with van der Waals surface area (Å²) in [7, 11) is 0. The molecule has 1 atom stereocenters. The molecule has 0 spiro atoms. The highest BCUT2D eigenvalue weighted by Crippen LogP contribution is 2.07. The fourth-order valence-electron chi connectivity index (χ4n) is 3.95. The third-order valence-corrected chi connectivity index (χ3v) is 6.39. The molecule has 0 aliphatic rings. The molecule has 18 heteroatoms. The van der Waals surface area contributed by atoms with Crippen molar-refractivity contribution in [1.29, 1.82) is 0 Å². The van der Waals surface area contributed by atoms with Gasteiger partial charge in [-0.3, -0.25) is 14.4 Å². The molecule has 0 saturated carbocycles. The van der Waals surface area contributed by atoms with Crippen LogP contribution in [0.25, 0.3) is 10.4 Å². The molecular weight excluding hydrogens is 660 g/mol. The highest BCUT2D eigenvalue weighted by Gasteiger charge is 2.20. The van der Waals surface area contributed by atoms with Crippen molar-refractivity contribution in [2.45, 2.75) is 51.5 Å². The van der Waals surface area contributed by atoms with Crippen molar-refractivity contribution in [3.8, 4) is 0 Å². The van der Waals surface area contributed by atoms with Gasteiger partial charge >= 0.3 is 0 Å². The molecule has 292 valence electrons. The van der Waals surface area contributed by atoms with Gasteiger partial charge in [0.1, 0.15) is 13.2 Å². The quantitative estimate of drug-likeness (QED) is 0.0346. The molecule has 2 amide bonds. The van der Waals surface area contributed by atoms with Crippen LogP contribution in [0.4, 0.5) is 0 Å². The summed E-state index contributed by atoms with van der Waals surface area (Å²) >= 11 is 0.